The van der Waals surface area contributed by atoms with Gasteiger partial charge in [-0.05, 0) is 31.6 Å². The molecule has 0 amide bonds. The lowest BCUT2D eigenvalue weighted by Crippen LogP contribution is -2.57. The van der Waals surface area contributed by atoms with Crippen molar-refractivity contribution in [3.05, 3.63) is 0 Å². The average Bonchev–Trinajstić information content (AvgIpc) is 2.01. The molecule has 0 aliphatic carbocycles. The molecule has 0 fully saturated rings. The Hall–Kier alpha value is -0.160. The normalized spacial score (nSPS) is 16.7. The minimum atomic E-state index is -1.01. The van der Waals surface area contributed by atoms with Crippen LogP contribution in [0.15, 0.2) is 0 Å². The van der Waals surface area contributed by atoms with Crippen molar-refractivity contribution in [3.63, 3.8) is 0 Å². The smallest absolute Gasteiger partial charge is 0.115 e. The van der Waals surface area contributed by atoms with E-state index in [9.17, 15) is 0 Å². The van der Waals surface area contributed by atoms with Gasteiger partial charge in [0.1, 0.15) is 5.79 Å². The van der Waals surface area contributed by atoms with Gasteiger partial charge in [0, 0.05) is 6.04 Å². The Bertz CT molecular complexity index is 142. The molecule has 0 aromatic carbocycles. The summed E-state index contributed by atoms with van der Waals surface area (Å²) >= 11 is 0. The predicted molar refractivity (Wildman–Crippen MR) is 61.2 cm³/mol. The molecule has 0 spiro atoms. The molecule has 2 unspecified atom stereocenters. The van der Waals surface area contributed by atoms with Gasteiger partial charge < -0.3 is 22.9 Å². The zero-order valence-corrected chi connectivity index (χ0v) is 9.50. The van der Waals surface area contributed by atoms with Crippen molar-refractivity contribution in [2.24, 2.45) is 28.9 Å². The van der Waals surface area contributed by atoms with E-state index in [1.807, 2.05) is 0 Å². The van der Waals surface area contributed by atoms with Crippen LogP contribution in [0.5, 0.6) is 0 Å². The third-order valence-corrected chi connectivity index (χ3v) is 2.54. The van der Waals surface area contributed by atoms with E-state index in [4.69, 9.17) is 22.9 Å². The minimum Gasteiger partial charge on any atom is -0.328 e. The largest absolute Gasteiger partial charge is 0.328 e. The molecular formula is C10H26N4. The quantitative estimate of drug-likeness (QED) is 0.450. The molecule has 0 aliphatic heterocycles. The molecule has 86 valence electrons. The van der Waals surface area contributed by atoms with Crippen LogP contribution in [0, 0.1) is 5.92 Å². The van der Waals surface area contributed by atoms with Gasteiger partial charge in [0.2, 0.25) is 0 Å². The number of nitrogens with two attached hydrogens (primary N) is 4. The Balaban J connectivity index is 3.49. The predicted octanol–water partition coefficient (Wildman–Crippen LogP) is 0.450. The van der Waals surface area contributed by atoms with Crippen LogP contribution >= 0.6 is 0 Å². The standard InChI is InChI=1S/C10H26N4/c1-3-9(11)7-8(2)5-4-6-10(12,13)14/h8-9H,3-7,11-14H2,1-2H3. The van der Waals surface area contributed by atoms with Crippen molar-refractivity contribution in [3.8, 4) is 0 Å². The highest BCUT2D eigenvalue weighted by atomic mass is 15.1. The molecule has 14 heavy (non-hydrogen) atoms. The van der Waals surface area contributed by atoms with Crippen molar-refractivity contribution in [2.45, 2.75) is 57.8 Å². The van der Waals surface area contributed by atoms with Gasteiger partial charge in [0.05, 0.1) is 0 Å². The SMILES string of the molecule is CCC(N)CC(C)CCCC(N)(N)N. The first-order chi connectivity index (χ1) is 6.35. The first kappa shape index (κ1) is 13.8. The summed E-state index contributed by atoms with van der Waals surface area (Å²) in [6.07, 6.45) is 4.85. The molecule has 2 atom stereocenters. The van der Waals surface area contributed by atoms with Crippen molar-refractivity contribution in [1.29, 1.82) is 0 Å². The summed E-state index contributed by atoms with van der Waals surface area (Å²) in [5.74, 6) is -0.376. The molecule has 0 rings (SSSR count). The highest BCUT2D eigenvalue weighted by Crippen LogP contribution is 2.15. The van der Waals surface area contributed by atoms with Gasteiger partial charge in [-0.2, -0.15) is 0 Å². The molecule has 8 N–H and O–H groups in total. The van der Waals surface area contributed by atoms with Crippen molar-refractivity contribution < 1.29 is 0 Å². The minimum absolute atomic E-state index is 0.323. The van der Waals surface area contributed by atoms with Crippen LogP contribution in [0.1, 0.15) is 46.0 Å². The van der Waals surface area contributed by atoms with E-state index in [0.29, 0.717) is 18.4 Å². The molecule has 0 saturated heterocycles. The molecule has 0 radical (unpaired) electrons. The van der Waals surface area contributed by atoms with Crippen molar-refractivity contribution >= 4 is 0 Å². The fraction of sp³-hybridized carbons (Fsp3) is 1.00. The van der Waals surface area contributed by atoms with Gasteiger partial charge in [-0.15, -0.1) is 0 Å². The van der Waals surface area contributed by atoms with Gasteiger partial charge in [0.25, 0.3) is 0 Å². The number of rotatable bonds is 7. The maximum atomic E-state index is 5.86. The molecular weight excluding hydrogens is 176 g/mol. The highest BCUT2D eigenvalue weighted by Gasteiger charge is 2.13. The van der Waals surface area contributed by atoms with Crippen LogP contribution in [-0.4, -0.2) is 11.8 Å². The van der Waals surface area contributed by atoms with Crippen molar-refractivity contribution in [2.75, 3.05) is 0 Å². The zero-order valence-electron chi connectivity index (χ0n) is 9.50. The Labute approximate surface area is 87.4 Å². The maximum absolute atomic E-state index is 5.86. The summed E-state index contributed by atoms with van der Waals surface area (Å²) < 4.78 is 0. The van der Waals surface area contributed by atoms with E-state index >= 15 is 0 Å². The topological polar surface area (TPSA) is 104 Å². The fourth-order valence-electron chi connectivity index (χ4n) is 1.56. The molecule has 0 bridgehead atoms. The lowest BCUT2D eigenvalue weighted by molar-refractivity contribution is 0.361. The van der Waals surface area contributed by atoms with E-state index < -0.39 is 5.79 Å². The van der Waals surface area contributed by atoms with Gasteiger partial charge >= 0.3 is 0 Å². The Morgan fingerprint density at radius 1 is 1.21 bits per heavy atom. The molecule has 4 nitrogen and oxygen atoms in total. The monoisotopic (exact) mass is 202 g/mol. The first-order valence-corrected chi connectivity index (χ1v) is 5.47. The molecule has 4 heteroatoms. The second-order valence-corrected chi connectivity index (χ2v) is 4.51. The third kappa shape index (κ3) is 8.44. The number of hydrogen-bond donors (Lipinski definition) is 4. The number of hydrogen-bond acceptors (Lipinski definition) is 4. The van der Waals surface area contributed by atoms with Crippen LogP contribution in [0.4, 0.5) is 0 Å². The van der Waals surface area contributed by atoms with E-state index in [-0.39, 0.29) is 0 Å². The molecule has 0 aliphatic rings. The van der Waals surface area contributed by atoms with Crippen LogP contribution in [-0.2, 0) is 0 Å². The first-order valence-electron chi connectivity index (χ1n) is 5.47. The van der Waals surface area contributed by atoms with Gasteiger partial charge in [-0.3, -0.25) is 0 Å². The average molecular weight is 202 g/mol. The van der Waals surface area contributed by atoms with Gasteiger partial charge in [-0.25, -0.2) is 0 Å². The maximum Gasteiger partial charge on any atom is 0.115 e. The Kier molecular flexibility index (Phi) is 6.27. The lowest BCUT2D eigenvalue weighted by Gasteiger charge is -2.20. The fourth-order valence-corrected chi connectivity index (χ4v) is 1.56. The van der Waals surface area contributed by atoms with E-state index in [2.05, 4.69) is 13.8 Å². The molecule has 0 saturated carbocycles. The van der Waals surface area contributed by atoms with Crippen LogP contribution in [0.3, 0.4) is 0 Å². The Morgan fingerprint density at radius 3 is 2.21 bits per heavy atom. The summed E-state index contributed by atoms with van der Waals surface area (Å²) in [6.45, 7) is 4.32. The van der Waals surface area contributed by atoms with E-state index in [1.54, 1.807) is 0 Å². The highest BCUT2D eigenvalue weighted by molar-refractivity contribution is 4.69. The molecule has 0 aromatic heterocycles. The zero-order chi connectivity index (χ0) is 11.2. The van der Waals surface area contributed by atoms with Gasteiger partial charge in [0.15, 0.2) is 0 Å². The summed E-state index contributed by atoms with van der Waals surface area (Å²) in [4.78, 5) is 0. The lowest BCUT2D eigenvalue weighted by atomic mass is 9.94. The van der Waals surface area contributed by atoms with Crippen LogP contribution in [0.2, 0.25) is 0 Å². The molecule has 0 aromatic rings. The van der Waals surface area contributed by atoms with Crippen LogP contribution < -0.4 is 22.9 Å². The summed E-state index contributed by atoms with van der Waals surface area (Å²) in [5, 5.41) is 0. The summed E-state index contributed by atoms with van der Waals surface area (Å²) in [7, 11) is 0. The van der Waals surface area contributed by atoms with E-state index in [0.717, 1.165) is 25.7 Å². The second kappa shape index (κ2) is 6.35. The van der Waals surface area contributed by atoms with E-state index in [1.165, 1.54) is 0 Å². The third-order valence-electron chi connectivity index (χ3n) is 2.54. The summed E-state index contributed by atoms with van der Waals surface area (Å²) in [5.41, 5.74) is 22.3. The molecule has 0 heterocycles. The Morgan fingerprint density at radius 2 is 1.79 bits per heavy atom. The van der Waals surface area contributed by atoms with Crippen molar-refractivity contribution in [1.82, 2.24) is 0 Å². The van der Waals surface area contributed by atoms with Crippen LogP contribution in [0.25, 0.3) is 0 Å². The second-order valence-electron chi connectivity index (χ2n) is 4.51. The van der Waals surface area contributed by atoms with Gasteiger partial charge in [-0.1, -0.05) is 20.3 Å². The summed E-state index contributed by atoms with van der Waals surface area (Å²) in [6, 6.07) is 0.323.